The van der Waals surface area contributed by atoms with Crippen LogP contribution in [0.1, 0.15) is 18.7 Å². The van der Waals surface area contributed by atoms with Gasteiger partial charge in [-0.15, -0.1) is 11.3 Å². The van der Waals surface area contributed by atoms with E-state index in [0.29, 0.717) is 13.2 Å². The van der Waals surface area contributed by atoms with Crippen molar-refractivity contribution < 1.29 is 4.74 Å². The van der Waals surface area contributed by atoms with E-state index >= 15 is 0 Å². The van der Waals surface area contributed by atoms with Gasteiger partial charge in [-0.3, -0.25) is 0 Å². The lowest BCUT2D eigenvalue weighted by Gasteiger charge is -2.48. The Balaban J connectivity index is 2.42. The summed E-state index contributed by atoms with van der Waals surface area (Å²) in [4.78, 5) is 1.27. The third-order valence-electron chi connectivity index (χ3n) is 3.17. The van der Waals surface area contributed by atoms with Crippen LogP contribution in [0.15, 0.2) is 17.5 Å². The van der Waals surface area contributed by atoms with Crippen LogP contribution in [0.2, 0.25) is 0 Å². The molecule has 0 radical (unpaired) electrons. The van der Waals surface area contributed by atoms with Crippen molar-refractivity contribution in [3.63, 3.8) is 0 Å². The number of nitrogens with zero attached hydrogens (tertiary/aromatic N) is 1. The maximum Gasteiger partial charge on any atom is 0.0695 e. The molecule has 0 aliphatic carbocycles. The van der Waals surface area contributed by atoms with Crippen LogP contribution >= 0.6 is 11.3 Å². The van der Waals surface area contributed by atoms with Gasteiger partial charge in [0, 0.05) is 4.88 Å². The topological polar surface area (TPSA) is 33.0 Å². The molecule has 74 valence electrons. The Morgan fingerprint density at radius 2 is 2.29 bits per heavy atom. The third-order valence-corrected chi connectivity index (χ3v) is 4.24. The van der Waals surface area contributed by atoms with Crippen molar-refractivity contribution >= 4 is 11.3 Å². The lowest BCUT2D eigenvalue weighted by atomic mass is 9.64. The molecule has 1 fully saturated rings. The highest BCUT2D eigenvalue weighted by Crippen LogP contribution is 2.48. The van der Waals surface area contributed by atoms with Crippen molar-refractivity contribution in [1.82, 2.24) is 0 Å². The second kappa shape index (κ2) is 3.08. The molecule has 1 saturated heterocycles. The van der Waals surface area contributed by atoms with Gasteiger partial charge in [-0.05, 0) is 25.3 Å². The highest BCUT2D eigenvalue weighted by Gasteiger charge is 2.53. The molecule has 0 unspecified atom stereocenters. The Morgan fingerprint density at radius 3 is 2.64 bits per heavy atom. The summed E-state index contributed by atoms with van der Waals surface area (Å²) in [6, 6.07) is 6.54. The molecule has 0 spiro atoms. The average molecular weight is 207 g/mol. The molecule has 0 bridgehead atoms. The zero-order chi connectivity index (χ0) is 10.2. The molecule has 0 atom stereocenters. The monoisotopic (exact) mass is 207 g/mol. The molecule has 0 amide bonds. The van der Waals surface area contributed by atoms with Crippen molar-refractivity contribution in [2.24, 2.45) is 5.41 Å². The summed E-state index contributed by atoms with van der Waals surface area (Å²) in [6.07, 6.45) is 0. The highest BCUT2D eigenvalue weighted by molar-refractivity contribution is 7.10. The smallest absolute Gasteiger partial charge is 0.0695 e. The van der Waals surface area contributed by atoms with E-state index in [2.05, 4.69) is 17.5 Å². The number of ether oxygens (including phenoxy) is 1. The molecule has 2 rings (SSSR count). The largest absolute Gasteiger partial charge is 0.379 e. The number of rotatable bonds is 2. The lowest BCUT2D eigenvalue weighted by molar-refractivity contribution is -0.100. The Labute approximate surface area is 88.1 Å². The quantitative estimate of drug-likeness (QED) is 0.746. The summed E-state index contributed by atoms with van der Waals surface area (Å²) in [7, 11) is 0. The minimum atomic E-state index is -0.351. The van der Waals surface area contributed by atoms with Crippen molar-refractivity contribution in [2.45, 2.75) is 19.3 Å². The predicted molar refractivity (Wildman–Crippen MR) is 56.2 cm³/mol. The average Bonchev–Trinajstić information content (AvgIpc) is 2.55. The molecule has 14 heavy (non-hydrogen) atoms. The van der Waals surface area contributed by atoms with Crippen molar-refractivity contribution in [2.75, 3.05) is 13.2 Å². The van der Waals surface area contributed by atoms with Gasteiger partial charge in [0.25, 0.3) is 0 Å². The van der Waals surface area contributed by atoms with Gasteiger partial charge in [-0.1, -0.05) is 6.07 Å². The van der Waals surface area contributed by atoms with E-state index in [1.54, 1.807) is 11.3 Å². The molecule has 1 aromatic rings. The van der Waals surface area contributed by atoms with Crippen LogP contribution in [0, 0.1) is 16.7 Å². The van der Waals surface area contributed by atoms with E-state index in [-0.39, 0.29) is 10.8 Å². The SMILES string of the molecule is CC(C)(C#N)C1(c2cccs2)COC1. The van der Waals surface area contributed by atoms with Crippen LogP contribution in [0.5, 0.6) is 0 Å². The van der Waals surface area contributed by atoms with Gasteiger partial charge in [0.15, 0.2) is 0 Å². The normalized spacial score (nSPS) is 19.8. The summed E-state index contributed by atoms with van der Waals surface area (Å²) in [5.74, 6) is 0. The zero-order valence-corrected chi connectivity index (χ0v) is 9.23. The second-order valence-corrected chi connectivity index (χ2v) is 5.24. The maximum atomic E-state index is 9.19. The Bertz CT molecular complexity index is 357. The molecule has 2 nitrogen and oxygen atoms in total. The van der Waals surface area contributed by atoms with E-state index in [1.807, 2.05) is 19.9 Å². The van der Waals surface area contributed by atoms with Crippen LogP contribution in [0.3, 0.4) is 0 Å². The first-order valence-corrected chi connectivity index (χ1v) is 5.53. The summed E-state index contributed by atoms with van der Waals surface area (Å²) in [5.41, 5.74) is -0.425. The molecule has 0 aromatic carbocycles. The van der Waals surface area contributed by atoms with Crippen LogP contribution in [0.4, 0.5) is 0 Å². The molecular weight excluding hydrogens is 194 g/mol. The Morgan fingerprint density at radius 1 is 1.57 bits per heavy atom. The van der Waals surface area contributed by atoms with E-state index in [1.165, 1.54) is 4.88 Å². The first kappa shape index (κ1) is 9.70. The van der Waals surface area contributed by atoms with Gasteiger partial charge >= 0.3 is 0 Å². The number of thiophene rings is 1. The van der Waals surface area contributed by atoms with Gasteiger partial charge in [0.1, 0.15) is 0 Å². The van der Waals surface area contributed by atoms with Crippen LogP contribution in [0.25, 0.3) is 0 Å². The Kier molecular flexibility index (Phi) is 2.13. The van der Waals surface area contributed by atoms with Gasteiger partial charge in [0.05, 0.1) is 30.1 Å². The molecule has 1 aliphatic heterocycles. The second-order valence-electron chi connectivity index (χ2n) is 4.29. The van der Waals surface area contributed by atoms with Crippen molar-refractivity contribution in [3.05, 3.63) is 22.4 Å². The Hall–Kier alpha value is -0.850. The standard InChI is InChI=1S/C11H13NOS/c1-10(2,6-12)11(7-13-8-11)9-4-3-5-14-9/h3-5H,7-8H2,1-2H3. The number of hydrogen-bond acceptors (Lipinski definition) is 3. The van der Waals surface area contributed by atoms with Crippen LogP contribution in [-0.2, 0) is 10.2 Å². The summed E-state index contributed by atoms with van der Waals surface area (Å²) < 4.78 is 5.31. The zero-order valence-electron chi connectivity index (χ0n) is 8.41. The van der Waals surface area contributed by atoms with Gasteiger partial charge < -0.3 is 4.74 Å². The molecule has 0 saturated carbocycles. The fraction of sp³-hybridized carbons (Fsp3) is 0.545. The lowest BCUT2D eigenvalue weighted by Crippen LogP contribution is -2.55. The number of hydrogen-bond donors (Lipinski definition) is 0. The van der Waals surface area contributed by atoms with Crippen molar-refractivity contribution in [3.8, 4) is 6.07 Å². The fourth-order valence-electron chi connectivity index (χ4n) is 1.78. The van der Waals surface area contributed by atoms with Crippen molar-refractivity contribution in [1.29, 1.82) is 5.26 Å². The minimum Gasteiger partial charge on any atom is -0.379 e. The number of nitriles is 1. The maximum absolute atomic E-state index is 9.19. The van der Waals surface area contributed by atoms with E-state index < -0.39 is 0 Å². The first-order valence-electron chi connectivity index (χ1n) is 4.65. The minimum absolute atomic E-state index is 0.0735. The summed E-state index contributed by atoms with van der Waals surface area (Å²) >= 11 is 1.72. The van der Waals surface area contributed by atoms with Gasteiger partial charge in [-0.2, -0.15) is 5.26 Å². The fourth-order valence-corrected chi connectivity index (χ4v) is 2.83. The predicted octanol–water partition coefficient (Wildman–Crippen LogP) is 2.57. The van der Waals surface area contributed by atoms with E-state index in [0.717, 1.165) is 0 Å². The molecule has 1 aromatic heterocycles. The molecule has 1 aliphatic rings. The molecule has 2 heterocycles. The molecule has 3 heteroatoms. The van der Waals surface area contributed by atoms with Crippen LogP contribution in [-0.4, -0.2) is 13.2 Å². The van der Waals surface area contributed by atoms with Gasteiger partial charge in [0.2, 0.25) is 0 Å². The summed E-state index contributed by atoms with van der Waals surface area (Å²) in [5, 5.41) is 11.3. The third kappa shape index (κ3) is 1.11. The van der Waals surface area contributed by atoms with Crippen LogP contribution < -0.4 is 0 Å². The van der Waals surface area contributed by atoms with Gasteiger partial charge in [-0.25, -0.2) is 0 Å². The van der Waals surface area contributed by atoms with E-state index in [9.17, 15) is 5.26 Å². The molecular formula is C11H13NOS. The highest BCUT2D eigenvalue weighted by atomic mass is 32.1. The van der Waals surface area contributed by atoms with E-state index in [4.69, 9.17) is 4.74 Å². The summed E-state index contributed by atoms with van der Waals surface area (Å²) in [6.45, 7) is 5.34. The molecule has 0 N–H and O–H groups in total. The first-order chi connectivity index (χ1) is 6.62.